The van der Waals surface area contributed by atoms with Crippen LogP contribution in [0.25, 0.3) is 0 Å². The molecule has 2 rings (SSSR count). The van der Waals surface area contributed by atoms with Crippen LogP contribution in [0.4, 0.5) is 4.79 Å². The van der Waals surface area contributed by atoms with Gasteiger partial charge in [-0.2, -0.15) is 0 Å². The van der Waals surface area contributed by atoms with E-state index in [1.165, 1.54) is 6.26 Å². The normalized spacial score (nSPS) is 11.2. The molecule has 2 N–H and O–H groups in total. The molecule has 0 radical (unpaired) electrons. The summed E-state index contributed by atoms with van der Waals surface area (Å²) in [7, 11) is -3.03. The number of urea groups is 1. The van der Waals surface area contributed by atoms with Crippen molar-refractivity contribution < 1.29 is 13.2 Å². The summed E-state index contributed by atoms with van der Waals surface area (Å²) in [6, 6.07) is 6.89. The Morgan fingerprint density at radius 3 is 2.30 bits per heavy atom. The zero-order valence-corrected chi connectivity index (χ0v) is 14.6. The lowest BCUT2D eigenvalue weighted by molar-refractivity contribution is 0.240. The number of aryl methyl sites for hydroxylation is 1. The number of aromatic nitrogens is 1. The summed E-state index contributed by atoms with van der Waals surface area (Å²) in [6.45, 7) is 2.75. The zero-order valence-electron chi connectivity index (χ0n) is 13.0. The van der Waals surface area contributed by atoms with Crippen LogP contribution in [0.5, 0.6) is 0 Å². The maximum Gasteiger partial charge on any atom is 0.315 e. The summed E-state index contributed by atoms with van der Waals surface area (Å²) in [5.74, 6) is 0.0233. The van der Waals surface area contributed by atoms with Gasteiger partial charge in [-0.3, -0.25) is 0 Å². The number of carbonyl (C=O) groups excluding carboxylic acids is 1. The van der Waals surface area contributed by atoms with E-state index in [1.54, 1.807) is 29.7 Å². The Morgan fingerprint density at radius 2 is 1.74 bits per heavy atom. The molecule has 124 valence electrons. The van der Waals surface area contributed by atoms with Gasteiger partial charge in [0.05, 0.1) is 17.3 Å². The molecule has 0 aliphatic carbocycles. The maximum atomic E-state index is 11.7. The maximum absolute atomic E-state index is 11.7. The van der Waals surface area contributed by atoms with Gasteiger partial charge in [0, 0.05) is 23.9 Å². The molecule has 0 saturated carbocycles. The van der Waals surface area contributed by atoms with Crippen LogP contribution in [0.15, 0.2) is 30.5 Å². The van der Waals surface area contributed by atoms with Crippen molar-refractivity contribution in [2.75, 3.05) is 6.26 Å². The third kappa shape index (κ3) is 6.37. The third-order valence-corrected chi connectivity index (χ3v) is 4.77. The zero-order chi connectivity index (χ0) is 16.9. The molecule has 0 aliphatic heterocycles. The van der Waals surface area contributed by atoms with Gasteiger partial charge in [-0.25, -0.2) is 18.2 Å². The SMILES string of the molecule is Cc1ncc(CNC(=O)NCc2ccc(CS(C)(=O)=O)cc2)s1. The fourth-order valence-electron chi connectivity index (χ4n) is 1.96. The summed E-state index contributed by atoms with van der Waals surface area (Å²) < 4.78 is 22.4. The summed E-state index contributed by atoms with van der Waals surface area (Å²) in [5, 5.41) is 6.49. The second-order valence-electron chi connectivity index (χ2n) is 5.27. The van der Waals surface area contributed by atoms with Crippen LogP contribution < -0.4 is 10.6 Å². The number of benzene rings is 1. The Hall–Kier alpha value is -1.93. The van der Waals surface area contributed by atoms with E-state index < -0.39 is 9.84 Å². The number of hydrogen-bond acceptors (Lipinski definition) is 5. The number of amides is 2. The molecule has 0 fully saturated rings. The van der Waals surface area contributed by atoms with Crippen molar-refractivity contribution in [3.8, 4) is 0 Å². The van der Waals surface area contributed by atoms with Crippen LogP contribution >= 0.6 is 11.3 Å². The second-order valence-corrected chi connectivity index (χ2v) is 8.73. The van der Waals surface area contributed by atoms with Crippen molar-refractivity contribution in [3.63, 3.8) is 0 Å². The van der Waals surface area contributed by atoms with Crippen LogP contribution in [-0.2, 0) is 28.7 Å². The first kappa shape index (κ1) is 17.4. The minimum Gasteiger partial charge on any atom is -0.334 e. The van der Waals surface area contributed by atoms with Gasteiger partial charge in [0.1, 0.15) is 0 Å². The average molecular weight is 353 g/mol. The summed E-state index contributed by atoms with van der Waals surface area (Å²) in [4.78, 5) is 16.9. The Morgan fingerprint density at radius 1 is 1.13 bits per heavy atom. The summed E-state index contributed by atoms with van der Waals surface area (Å²) in [5.41, 5.74) is 1.65. The average Bonchev–Trinajstić information content (AvgIpc) is 2.88. The van der Waals surface area contributed by atoms with Gasteiger partial charge in [-0.15, -0.1) is 11.3 Å². The largest absolute Gasteiger partial charge is 0.334 e. The number of rotatable bonds is 6. The van der Waals surface area contributed by atoms with E-state index in [9.17, 15) is 13.2 Å². The van der Waals surface area contributed by atoms with Crippen LogP contribution in [-0.4, -0.2) is 25.7 Å². The molecule has 0 unspecified atom stereocenters. The van der Waals surface area contributed by atoms with Gasteiger partial charge < -0.3 is 10.6 Å². The van der Waals surface area contributed by atoms with E-state index in [-0.39, 0.29) is 11.8 Å². The minimum absolute atomic E-state index is 0.0233. The van der Waals surface area contributed by atoms with Crippen molar-refractivity contribution in [2.45, 2.75) is 25.8 Å². The molecular formula is C15H19N3O3S2. The third-order valence-electron chi connectivity index (χ3n) is 3.00. The fraction of sp³-hybridized carbons (Fsp3) is 0.333. The highest BCUT2D eigenvalue weighted by Gasteiger charge is 2.05. The molecule has 1 heterocycles. The van der Waals surface area contributed by atoms with Gasteiger partial charge >= 0.3 is 6.03 Å². The number of nitrogens with one attached hydrogen (secondary N) is 2. The molecule has 2 aromatic rings. The van der Waals surface area contributed by atoms with Crippen molar-refractivity contribution in [3.05, 3.63) is 51.5 Å². The van der Waals surface area contributed by atoms with Crippen LogP contribution in [0.3, 0.4) is 0 Å². The van der Waals surface area contributed by atoms with E-state index in [0.717, 1.165) is 21.0 Å². The van der Waals surface area contributed by atoms with E-state index >= 15 is 0 Å². The number of carbonyl (C=O) groups is 1. The highest BCUT2D eigenvalue weighted by Crippen LogP contribution is 2.10. The fourth-order valence-corrected chi connectivity index (χ4v) is 3.49. The monoisotopic (exact) mass is 353 g/mol. The van der Waals surface area contributed by atoms with E-state index in [4.69, 9.17) is 0 Å². The molecule has 0 atom stereocenters. The highest BCUT2D eigenvalue weighted by atomic mass is 32.2. The molecule has 23 heavy (non-hydrogen) atoms. The Balaban J connectivity index is 1.77. The van der Waals surface area contributed by atoms with Crippen LogP contribution in [0, 0.1) is 6.92 Å². The number of hydrogen-bond donors (Lipinski definition) is 2. The lowest BCUT2D eigenvalue weighted by Crippen LogP contribution is -2.34. The number of nitrogens with zero attached hydrogens (tertiary/aromatic N) is 1. The first-order valence-electron chi connectivity index (χ1n) is 7.00. The smallest absolute Gasteiger partial charge is 0.315 e. The van der Waals surface area contributed by atoms with Crippen molar-refractivity contribution in [2.24, 2.45) is 0 Å². The number of sulfone groups is 1. The molecule has 0 bridgehead atoms. The van der Waals surface area contributed by atoms with Crippen LogP contribution in [0.2, 0.25) is 0 Å². The Bertz CT molecular complexity index is 768. The molecule has 6 nitrogen and oxygen atoms in total. The van der Waals surface area contributed by atoms with E-state index in [0.29, 0.717) is 13.1 Å². The Labute approximate surface area is 139 Å². The first-order valence-corrected chi connectivity index (χ1v) is 9.88. The van der Waals surface area contributed by atoms with Gasteiger partial charge in [0.2, 0.25) is 0 Å². The standard InChI is InChI=1S/C15H19N3O3S2/c1-11-16-8-14(22-11)9-18-15(19)17-7-12-3-5-13(6-4-12)10-23(2,20)21/h3-6,8H,7,9-10H2,1-2H3,(H2,17,18,19). The molecule has 1 aromatic heterocycles. The lowest BCUT2D eigenvalue weighted by atomic mass is 10.1. The van der Waals surface area contributed by atoms with Crippen molar-refractivity contribution >= 4 is 27.2 Å². The summed E-state index contributed by atoms with van der Waals surface area (Å²) in [6.07, 6.45) is 2.96. The molecule has 1 aromatic carbocycles. The van der Waals surface area contributed by atoms with Gasteiger partial charge in [-0.1, -0.05) is 24.3 Å². The van der Waals surface area contributed by atoms with Gasteiger partial charge in [0.25, 0.3) is 0 Å². The first-order chi connectivity index (χ1) is 10.8. The van der Waals surface area contributed by atoms with E-state index in [1.807, 2.05) is 19.1 Å². The molecule has 8 heteroatoms. The Kier molecular flexibility index (Phi) is 5.73. The lowest BCUT2D eigenvalue weighted by Gasteiger charge is -2.07. The topological polar surface area (TPSA) is 88.2 Å². The van der Waals surface area contributed by atoms with E-state index in [2.05, 4.69) is 15.6 Å². The quantitative estimate of drug-likeness (QED) is 0.831. The molecule has 0 spiro atoms. The van der Waals surface area contributed by atoms with Crippen LogP contribution in [0.1, 0.15) is 21.0 Å². The second kappa shape index (κ2) is 7.56. The van der Waals surface area contributed by atoms with Gasteiger partial charge in [0.15, 0.2) is 9.84 Å². The minimum atomic E-state index is -3.03. The van der Waals surface area contributed by atoms with Crippen molar-refractivity contribution in [1.29, 1.82) is 0 Å². The number of thiazole rings is 1. The predicted molar refractivity (Wildman–Crippen MR) is 90.9 cm³/mol. The summed E-state index contributed by atoms with van der Waals surface area (Å²) >= 11 is 1.55. The molecule has 0 saturated heterocycles. The predicted octanol–water partition coefficient (Wildman–Crippen LogP) is 2.00. The molecule has 2 amide bonds. The molecule has 0 aliphatic rings. The highest BCUT2D eigenvalue weighted by molar-refractivity contribution is 7.89. The van der Waals surface area contributed by atoms with Gasteiger partial charge in [-0.05, 0) is 18.1 Å². The molecular weight excluding hydrogens is 334 g/mol. The van der Waals surface area contributed by atoms with Crippen molar-refractivity contribution in [1.82, 2.24) is 15.6 Å².